The molecule has 8 heteroatoms. The average molecular weight is 391 g/mol. The largest absolute Gasteiger partial charge is 0.455 e. The summed E-state index contributed by atoms with van der Waals surface area (Å²) in [6.07, 6.45) is -0.0103. The molecule has 1 aliphatic rings. The second-order valence-electron chi connectivity index (χ2n) is 6.02. The number of carbonyl (C=O) groups is 3. The molecule has 1 unspecified atom stereocenters. The Morgan fingerprint density at radius 3 is 2.59 bits per heavy atom. The smallest absolute Gasteiger partial charge is 0.311 e. The highest BCUT2D eigenvalue weighted by Gasteiger charge is 2.37. The molecule has 1 aliphatic heterocycles. The fourth-order valence-electron chi connectivity index (χ4n) is 2.75. The molecule has 2 amide bonds. The van der Waals surface area contributed by atoms with Gasteiger partial charge in [0.05, 0.1) is 16.6 Å². The van der Waals surface area contributed by atoms with Gasteiger partial charge in [0.1, 0.15) is 5.82 Å². The Morgan fingerprint density at radius 2 is 1.89 bits per heavy atom. The van der Waals surface area contributed by atoms with Crippen molar-refractivity contribution < 1.29 is 23.5 Å². The molecule has 1 saturated heterocycles. The topological polar surface area (TPSA) is 75.7 Å². The van der Waals surface area contributed by atoms with E-state index in [0.717, 1.165) is 0 Å². The Labute approximate surface area is 159 Å². The highest BCUT2D eigenvalue weighted by atomic mass is 35.5. The number of benzene rings is 2. The van der Waals surface area contributed by atoms with Gasteiger partial charge in [0.2, 0.25) is 5.91 Å². The quantitative estimate of drug-likeness (QED) is 0.796. The SMILES string of the molecule is O=C(COC(=O)C1CC(=O)N(c2ccccc2Cl)C1)Nc1ccc(F)cc1. The van der Waals surface area contributed by atoms with Crippen molar-refractivity contribution in [2.45, 2.75) is 6.42 Å². The van der Waals surface area contributed by atoms with Gasteiger partial charge in [-0.25, -0.2) is 4.39 Å². The molecule has 2 aromatic rings. The van der Waals surface area contributed by atoms with Crippen LogP contribution in [0.2, 0.25) is 5.02 Å². The van der Waals surface area contributed by atoms with Gasteiger partial charge in [0, 0.05) is 18.7 Å². The predicted molar refractivity (Wildman–Crippen MR) is 97.9 cm³/mol. The summed E-state index contributed by atoms with van der Waals surface area (Å²) >= 11 is 6.10. The lowest BCUT2D eigenvalue weighted by molar-refractivity contribution is -0.151. The van der Waals surface area contributed by atoms with Crippen LogP contribution in [0.3, 0.4) is 0 Å². The van der Waals surface area contributed by atoms with E-state index in [1.165, 1.54) is 29.2 Å². The van der Waals surface area contributed by atoms with E-state index in [1.54, 1.807) is 24.3 Å². The molecular weight excluding hydrogens is 375 g/mol. The first-order chi connectivity index (χ1) is 12.9. The van der Waals surface area contributed by atoms with Crippen LogP contribution in [0.15, 0.2) is 48.5 Å². The third-order valence-electron chi connectivity index (χ3n) is 4.08. The van der Waals surface area contributed by atoms with Crippen LogP contribution in [0.25, 0.3) is 0 Å². The van der Waals surface area contributed by atoms with E-state index in [2.05, 4.69) is 5.32 Å². The molecular formula is C19H16ClFN2O4. The highest BCUT2D eigenvalue weighted by Crippen LogP contribution is 2.31. The number of anilines is 2. The normalized spacial score (nSPS) is 16.3. The first-order valence-corrected chi connectivity index (χ1v) is 8.59. The maximum atomic E-state index is 12.8. The van der Waals surface area contributed by atoms with E-state index in [4.69, 9.17) is 16.3 Å². The predicted octanol–water partition coefficient (Wildman–Crippen LogP) is 3.01. The third-order valence-corrected chi connectivity index (χ3v) is 4.39. The number of para-hydroxylation sites is 1. The van der Waals surface area contributed by atoms with Crippen molar-refractivity contribution in [3.05, 3.63) is 59.4 Å². The number of ether oxygens (including phenoxy) is 1. The van der Waals surface area contributed by atoms with Gasteiger partial charge in [-0.05, 0) is 36.4 Å². The fraction of sp³-hybridized carbons (Fsp3) is 0.211. The van der Waals surface area contributed by atoms with Gasteiger partial charge < -0.3 is 15.0 Å². The number of carbonyl (C=O) groups excluding carboxylic acids is 3. The van der Waals surface area contributed by atoms with Crippen LogP contribution in [0.4, 0.5) is 15.8 Å². The molecule has 27 heavy (non-hydrogen) atoms. The van der Waals surface area contributed by atoms with E-state index >= 15 is 0 Å². The Kier molecular flexibility index (Phi) is 5.71. The van der Waals surface area contributed by atoms with Crippen molar-refractivity contribution >= 4 is 40.8 Å². The lowest BCUT2D eigenvalue weighted by Crippen LogP contribution is -2.28. The average Bonchev–Trinajstić information content (AvgIpc) is 3.04. The second-order valence-corrected chi connectivity index (χ2v) is 6.43. The standard InChI is InChI=1S/C19H16ClFN2O4/c20-15-3-1-2-4-16(15)23-10-12(9-18(23)25)19(26)27-11-17(24)22-14-7-5-13(21)6-8-14/h1-8,12H,9-11H2,(H,22,24). The molecule has 0 aromatic heterocycles. The number of hydrogen-bond donors (Lipinski definition) is 1. The zero-order chi connectivity index (χ0) is 19.4. The number of rotatable bonds is 5. The molecule has 140 valence electrons. The van der Waals surface area contributed by atoms with E-state index in [0.29, 0.717) is 16.4 Å². The third kappa shape index (κ3) is 4.62. The summed E-state index contributed by atoms with van der Waals surface area (Å²) in [5, 5.41) is 2.90. The van der Waals surface area contributed by atoms with Crippen LogP contribution in [0, 0.1) is 11.7 Å². The molecule has 1 atom stereocenters. The van der Waals surface area contributed by atoms with Crippen molar-refractivity contribution in [3.8, 4) is 0 Å². The first-order valence-electron chi connectivity index (χ1n) is 8.21. The van der Waals surface area contributed by atoms with E-state index in [-0.39, 0.29) is 18.9 Å². The summed E-state index contributed by atoms with van der Waals surface area (Å²) in [6, 6.07) is 12.1. The van der Waals surface area contributed by atoms with Gasteiger partial charge in [0.15, 0.2) is 6.61 Å². The van der Waals surface area contributed by atoms with Crippen molar-refractivity contribution in [1.29, 1.82) is 0 Å². The molecule has 3 rings (SSSR count). The van der Waals surface area contributed by atoms with Crippen molar-refractivity contribution in [1.82, 2.24) is 0 Å². The number of esters is 1. The molecule has 0 aliphatic carbocycles. The maximum absolute atomic E-state index is 12.8. The zero-order valence-electron chi connectivity index (χ0n) is 14.2. The molecule has 0 spiro atoms. The van der Waals surface area contributed by atoms with Crippen LogP contribution in [0.5, 0.6) is 0 Å². The summed E-state index contributed by atoms with van der Waals surface area (Å²) in [5.41, 5.74) is 0.923. The van der Waals surface area contributed by atoms with E-state index < -0.39 is 30.2 Å². The minimum atomic E-state index is -0.674. The van der Waals surface area contributed by atoms with Crippen LogP contribution in [0.1, 0.15) is 6.42 Å². The molecule has 1 heterocycles. The van der Waals surface area contributed by atoms with Gasteiger partial charge in [-0.2, -0.15) is 0 Å². The van der Waals surface area contributed by atoms with Gasteiger partial charge in [-0.15, -0.1) is 0 Å². The van der Waals surface area contributed by atoms with Crippen molar-refractivity contribution in [2.75, 3.05) is 23.4 Å². The summed E-state index contributed by atoms with van der Waals surface area (Å²) in [7, 11) is 0. The monoisotopic (exact) mass is 390 g/mol. The number of halogens is 2. The Morgan fingerprint density at radius 1 is 1.19 bits per heavy atom. The van der Waals surface area contributed by atoms with Gasteiger partial charge >= 0.3 is 5.97 Å². The summed E-state index contributed by atoms with van der Waals surface area (Å²) in [5.74, 6) is -2.52. The molecule has 0 radical (unpaired) electrons. The van der Waals surface area contributed by atoms with E-state index in [1.807, 2.05) is 0 Å². The molecule has 1 N–H and O–H groups in total. The van der Waals surface area contributed by atoms with Crippen LogP contribution >= 0.6 is 11.6 Å². The second kappa shape index (κ2) is 8.18. The van der Waals surface area contributed by atoms with Crippen LogP contribution < -0.4 is 10.2 Å². The first kappa shape index (κ1) is 18.8. The Balaban J connectivity index is 1.53. The lowest BCUT2D eigenvalue weighted by atomic mass is 10.1. The van der Waals surface area contributed by atoms with Gasteiger partial charge in [-0.1, -0.05) is 23.7 Å². The minimum absolute atomic E-state index is 0.0103. The maximum Gasteiger partial charge on any atom is 0.311 e. The number of nitrogens with one attached hydrogen (secondary N) is 1. The van der Waals surface area contributed by atoms with E-state index in [9.17, 15) is 18.8 Å². The van der Waals surface area contributed by atoms with Crippen molar-refractivity contribution in [3.63, 3.8) is 0 Å². The summed E-state index contributed by atoms with van der Waals surface area (Å²) in [4.78, 5) is 37.7. The zero-order valence-corrected chi connectivity index (χ0v) is 14.9. The number of nitrogens with zero attached hydrogens (tertiary/aromatic N) is 1. The Bertz CT molecular complexity index is 872. The molecule has 6 nitrogen and oxygen atoms in total. The van der Waals surface area contributed by atoms with Crippen LogP contribution in [-0.2, 0) is 19.1 Å². The van der Waals surface area contributed by atoms with Gasteiger partial charge in [-0.3, -0.25) is 14.4 Å². The number of amides is 2. The molecule has 0 bridgehead atoms. The van der Waals surface area contributed by atoms with Crippen molar-refractivity contribution in [2.24, 2.45) is 5.92 Å². The highest BCUT2D eigenvalue weighted by molar-refractivity contribution is 6.33. The summed E-state index contributed by atoms with van der Waals surface area (Å²) < 4.78 is 17.8. The minimum Gasteiger partial charge on any atom is -0.455 e. The number of hydrogen-bond acceptors (Lipinski definition) is 4. The molecule has 1 fully saturated rings. The van der Waals surface area contributed by atoms with Gasteiger partial charge in [0.25, 0.3) is 5.91 Å². The molecule has 2 aromatic carbocycles. The fourth-order valence-corrected chi connectivity index (χ4v) is 2.99. The Hall–Kier alpha value is -2.93. The lowest BCUT2D eigenvalue weighted by Gasteiger charge is -2.17. The molecule has 0 saturated carbocycles. The summed E-state index contributed by atoms with van der Waals surface area (Å²) in [6.45, 7) is -0.353. The van der Waals surface area contributed by atoms with Crippen LogP contribution in [-0.4, -0.2) is 30.9 Å².